The lowest BCUT2D eigenvalue weighted by molar-refractivity contribution is -0.118. The molecule has 1 aliphatic carbocycles. The van der Waals surface area contributed by atoms with Crippen LogP contribution in [0.15, 0.2) is 18.2 Å². The van der Waals surface area contributed by atoms with E-state index in [1.165, 1.54) is 38.5 Å². The normalized spacial score (nSPS) is 16.7. The van der Waals surface area contributed by atoms with Gasteiger partial charge < -0.3 is 10.6 Å². The van der Waals surface area contributed by atoms with Crippen LogP contribution in [0, 0.1) is 25.6 Å². The number of fused-ring (bicyclic) bond motifs is 1. The Morgan fingerprint density at radius 1 is 1.16 bits per heavy atom. The van der Waals surface area contributed by atoms with Crippen molar-refractivity contribution in [3.8, 4) is 11.4 Å². The van der Waals surface area contributed by atoms with Gasteiger partial charge in [-0.3, -0.25) is 9.36 Å². The number of piperidine rings is 1. The highest BCUT2D eigenvalue weighted by molar-refractivity contribution is 5.80. The fourth-order valence-electron chi connectivity index (χ4n) is 4.77. The van der Waals surface area contributed by atoms with E-state index in [1.54, 1.807) is 23.6 Å². The predicted octanol–water partition coefficient (Wildman–Crippen LogP) is 4.84. The van der Waals surface area contributed by atoms with Crippen molar-refractivity contribution in [1.82, 2.24) is 24.2 Å². The highest BCUT2D eigenvalue weighted by Gasteiger charge is 2.30. The van der Waals surface area contributed by atoms with Gasteiger partial charge in [0.25, 0.3) is 0 Å². The maximum atomic E-state index is 15.1. The molecule has 10 heteroatoms. The fraction of sp³-hybridized carbons (Fsp3) is 0.464. The van der Waals surface area contributed by atoms with Crippen LogP contribution in [-0.2, 0) is 24.7 Å². The van der Waals surface area contributed by atoms with Crippen molar-refractivity contribution < 1.29 is 18.0 Å². The second kappa shape index (κ2) is 12.4. The van der Waals surface area contributed by atoms with E-state index in [-0.39, 0.29) is 30.9 Å². The summed E-state index contributed by atoms with van der Waals surface area (Å²) in [6, 6.07) is 4.80. The molecule has 0 radical (unpaired) electrons. The number of nitrogens with two attached hydrogens (primary N) is 1. The third kappa shape index (κ3) is 5.85. The minimum atomic E-state index is -1.38. The molecule has 7 nitrogen and oxygen atoms in total. The van der Waals surface area contributed by atoms with E-state index >= 15 is 4.39 Å². The zero-order valence-corrected chi connectivity index (χ0v) is 21.5. The van der Waals surface area contributed by atoms with Gasteiger partial charge in [0.05, 0.1) is 22.6 Å². The molecule has 38 heavy (non-hydrogen) atoms. The number of carbonyl (C=O) groups is 1. The Hall–Kier alpha value is -3.40. The number of nitrogens with zero attached hydrogens (tertiary/aromatic N) is 5. The standard InChI is InChI=1S/C21H22F3N5.C6H11NO.CH4/c1-11-12(2)29(19-9-15-18(10-17(19)23)27-28(3)20(15)24)21(26-11)14-5-4-13(6-7-25)16(22)8-14;8-6-7-4-2-1-3-5-7;/h4-5,8-9,17H,6-7,10,25H2,1-3H3;6H,1-5H2;1H4. The Morgan fingerprint density at radius 3 is 2.47 bits per heavy atom. The minimum Gasteiger partial charge on any atom is -0.345 e. The number of allylic oxidation sites excluding steroid dienone is 1. The molecule has 2 aromatic heterocycles. The van der Waals surface area contributed by atoms with Gasteiger partial charge in [0.15, 0.2) is 0 Å². The molecule has 0 saturated carbocycles. The molecule has 0 bridgehead atoms. The van der Waals surface area contributed by atoms with Crippen molar-refractivity contribution in [2.75, 3.05) is 19.6 Å². The van der Waals surface area contributed by atoms with Gasteiger partial charge in [0, 0.05) is 37.8 Å². The summed E-state index contributed by atoms with van der Waals surface area (Å²) in [5.41, 5.74) is 8.89. The van der Waals surface area contributed by atoms with Crippen molar-refractivity contribution in [3.05, 3.63) is 58.2 Å². The van der Waals surface area contributed by atoms with Gasteiger partial charge >= 0.3 is 0 Å². The largest absolute Gasteiger partial charge is 0.345 e. The van der Waals surface area contributed by atoms with E-state index in [2.05, 4.69) is 10.1 Å². The quantitative estimate of drug-likeness (QED) is 0.479. The van der Waals surface area contributed by atoms with Crippen molar-refractivity contribution in [3.63, 3.8) is 0 Å². The van der Waals surface area contributed by atoms with Crippen LogP contribution in [0.25, 0.3) is 23.2 Å². The minimum absolute atomic E-state index is 0. The second-order valence-corrected chi connectivity index (χ2v) is 9.50. The first-order valence-corrected chi connectivity index (χ1v) is 12.6. The molecule has 2 N–H and O–H groups in total. The number of aryl methyl sites for hydroxylation is 2. The van der Waals surface area contributed by atoms with Gasteiger partial charge in [-0.15, -0.1) is 0 Å². The Labute approximate surface area is 222 Å². The average molecular weight is 531 g/mol. The molecular formula is C28H37F3N6O. The summed E-state index contributed by atoms with van der Waals surface area (Å²) in [6.45, 7) is 5.92. The van der Waals surface area contributed by atoms with Crippen LogP contribution in [0.1, 0.15) is 54.9 Å². The van der Waals surface area contributed by atoms with Crippen LogP contribution in [0.5, 0.6) is 0 Å². The predicted molar refractivity (Wildman–Crippen MR) is 144 cm³/mol. The Bertz CT molecular complexity index is 1310. The summed E-state index contributed by atoms with van der Waals surface area (Å²) in [4.78, 5) is 16.5. The monoisotopic (exact) mass is 530 g/mol. The average Bonchev–Trinajstić information content (AvgIpc) is 3.34. The third-order valence-electron chi connectivity index (χ3n) is 6.94. The Balaban J connectivity index is 0.000000382. The molecule has 1 aliphatic heterocycles. The molecule has 3 aromatic rings. The van der Waals surface area contributed by atoms with Crippen LogP contribution in [0.2, 0.25) is 0 Å². The van der Waals surface area contributed by atoms with E-state index in [0.717, 1.165) is 24.2 Å². The maximum Gasteiger partial charge on any atom is 0.218 e. The summed E-state index contributed by atoms with van der Waals surface area (Å²) in [5.74, 6) is -0.481. The molecule has 3 heterocycles. The first-order valence-electron chi connectivity index (χ1n) is 12.6. The lowest BCUT2D eigenvalue weighted by Gasteiger charge is -2.21. The SMILES string of the molecule is C.Cc1nc(-c2ccc(CCN)c(F)c2)n(C2=Cc3c(nn(C)c3F)CC2F)c1C.O=CN1CCCCC1. The molecule has 1 aromatic carbocycles. The number of amides is 1. The summed E-state index contributed by atoms with van der Waals surface area (Å²) >= 11 is 0. The topological polar surface area (TPSA) is 82.0 Å². The molecule has 206 valence electrons. The molecule has 5 rings (SSSR count). The van der Waals surface area contributed by atoms with E-state index in [0.29, 0.717) is 47.0 Å². The van der Waals surface area contributed by atoms with Crippen LogP contribution < -0.4 is 5.73 Å². The molecule has 1 saturated heterocycles. The zero-order chi connectivity index (χ0) is 26.7. The van der Waals surface area contributed by atoms with Crippen LogP contribution in [0.3, 0.4) is 0 Å². The van der Waals surface area contributed by atoms with Crippen molar-refractivity contribution in [1.29, 1.82) is 0 Å². The van der Waals surface area contributed by atoms with E-state index in [4.69, 9.17) is 5.73 Å². The number of halogens is 3. The van der Waals surface area contributed by atoms with Crippen LogP contribution in [0.4, 0.5) is 13.2 Å². The van der Waals surface area contributed by atoms with Crippen LogP contribution >= 0.6 is 0 Å². The first kappa shape index (κ1) is 29.2. The number of rotatable bonds is 5. The molecule has 0 spiro atoms. The van der Waals surface area contributed by atoms with Gasteiger partial charge in [0.1, 0.15) is 17.8 Å². The Kier molecular flexibility index (Phi) is 9.54. The Morgan fingerprint density at radius 2 is 1.87 bits per heavy atom. The van der Waals surface area contributed by atoms with Gasteiger partial charge in [-0.2, -0.15) is 9.49 Å². The first-order chi connectivity index (χ1) is 17.7. The third-order valence-corrected chi connectivity index (χ3v) is 6.94. The van der Waals surface area contributed by atoms with Gasteiger partial charge in [-0.05, 0) is 63.8 Å². The van der Waals surface area contributed by atoms with E-state index in [9.17, 15) is 13.6 Å². The smallest absolute Gasteiger partial charge is 0.218 e. The van der Waals surface area contributed by atoms with Crippen molar-refractivity contribution in [2.24, 2.45) is 12.8 Å². The highest BCUT2D eigenvalue weighted by Crippen LogP contribution is 2.35. The maximum absolute atomic E-state index is 15.1. The number of aromatic nitrogens is 4. The molecular weight excluding hydrogens is 493 g/mol. The summed E-state index contributed by atoms with van der Waals surface area (Å²) in [7, 11) is 1.48. The number of carbonyl (C=O) groups excluding carboxylic acids is 1. The number of hydrogen-bond donors (Lipinski definition) is 1. The van der Waals surface area contributed by atoms with Crippen molar-refractivity contribution in [2.45, 2.75) is 59.5 Å². The van der Waals surface area contributed by atoms with Gasteiger partial charge in [0.2, 0.25) is 12.4 Å². The zero-order valence-electron chi connectivity index (χ0n) is 21.5. The number of alkyl halides is 1. The molecule has 1 unspecified atom stereocenters. The molecule has 1 amide bonds. The number of benzene rings is 1. The highest BCUT2D eigenvalue weighted by atomic mass is 19.1. The summed E-state index contributed by atoms with van der Waals surface area (Å²) < 4.78 is 46.8. The number of likely N-dealkylation sites (tertiary alicyclic amines) is 1. The van der Waals surface area contributed by atoms with Gasteiger partial charge in [-0.1, -0.05) is 19.6 Å². The molecule has 1 fully saturated rings. The fourth-order valence-corrected chi connectivity index (χ4v) is 4.77. The van der Waals surface area contributed by atoms with Gasteiger partial charge in [-0.25, -0.2) is 18.4 Å². The molecule has 2 aliphatic rings. The lowest BCUT2D eigenvalue weighted by atomic mass is 9.99. The van der Waals surface area contributed by atoms with Crippen molar-refractivity contribution >= 4 is 18.2 Å². The number of hydrogen-bond acceptors (Lipinski definition) is 4. The summed E-state index contributed by atoms with van der Waals surface area (Å²) in [6.07, 6.45) is 5.12. The lowest BCUT2D eigenvalue weighted by Crippen LogP contribution is -2.27. The second-order valence-electron chi connectivity index (χ2n) is 9.50. The number of imidazole rings is 1. The van der Waals surface area contributed by atoms with E-state index in [1.807, 2.05) is 11.8 Å². The summed E-state index contributed by atoms with van der Waals surface area (Å²) in [5, 5.41) is 4.05. The van der Waals surface area contributed by atoms with E-state index < -0.39 is 12.1 Å². The molecule has 1 atom stereocenters. The van der Waals surface area contributed by atoms with Crippen LogP contribution in [-0.4, -0.2) is 56.4 Å².